The molecule has 250 valence electrons. The fourth-order valence-electron chi connectivity index (χ4n) is 5.98. The molecule has 3 aromatic heterocycles. The minimum absolute atomic E-state index is 0.0789. The summed E-state index contributed by atoms with van der Waals surface area (Å²) in [6, 6.07) is 14.2. The van der Waals surface area contributed by atoms with Crippen molar-refractivity contribution in [2.45, 2.75) is 50.5 Å². The average molecular weight is 772 g/mol. The van der Waals surface area contributed by atoms with E-state index in [1.807, 2.05) is 24.4 Å². The predicted molar refractivity (Wildman–Crippen MR) is 185 cm³/mol. The number of rotatable bonds is 9. The van der Waals surface area contributed by atoms with Crippen molar-refractivity contribution in [3.05, 3.63) is 87.3 Å². The zero-order chi connectivity index (χ0) is 34.0. The lowest BCUT2D eigenvalue weighted by molar-refractivity contribution is -0.137. The standard InChI is InChI=1S/C34H33F3IN7O3/c1-47-25-11-10-21(27(16-25)48-2)17-41-32-29-30(44-45(31(29)26(38)18-42-32)24-5-3-4-23(39)15-24)19-6-8-20(9-7-19)33(46)43-28-14-22(12-13-40-28)34(35,36)37/h6-14,16,18,23-24H,3-5,15,17,39H2,1-2H3,(H,41,42)(H,40,43,46)/t23-,24-/m1/s1. The quantitative estimate of drug-likeness (QED) is 0.132. The molecule has 0 spiro atoms. The first-order valence-corrected chi connectivity index (χ1v) is 16.4. The third kappa shape index (κ3) is 7.04. The zero-order valence-corrected chi connectivity index (χ0v) is 28.3. The van der Waals surface area contributed by atoms with Crippen molar-refractivity contribution in [2.75, 3.05) is 24.9 Å². The van der Waals surface area contributed by atoms with Gasteiger partial charge in [0, 0.05) is 47.7 Å². The number of nitrogens with two attached hydrogens (primary N) is 1. The second-order valence-electron chi connectivity index (χ2n) is 11.5. The van der Waals surface area contributed by atoms with E-state index in [1.165, 1.54) is 0 Å². The van der Waals surface area contributed by atoms with E-state index in [0.717, 1.165) is 69.6 Å². The molecule has 1 aliphatic rings. The normalized spacial score (nSPS) is 16.5. The number of carbonyl (C=O) groups excluding carboxylic acids is 1. The highest BCUT2D eigenvalue weighted by Gasteiger charge is 2.31. The van der Waals surface area contributed by atoms with Gasteiger partial charge >= 0.3 is 6.18 Å². The molecule has 0 bridgehead atoms. The van der Waals surface area contributed by atoms with Crippen LogP contribution < -0.4 is 25.8 Å². The van der Waals surface area contributed by atoms with Crippen LogP contribution in [0.4, 0.5) is 24.8 Å². The topological polar surface area (TPSA) is 129 Å². The monoisotopic (exact) mass is 771 g/mol. The number of anilines is 2. The van der Waals surface area contributed by atoms with E-state index < -0.39 is 17.6 Å². The first kappa shape index (κ1) is 33.5. The number of halogens is 4. The van der Waals surface area contributed by atoms with Crippen molar-refractivity contribution in [1.82, 2.24) is 19.7 Å². The van der Waals surface area contributed by atoms with Crippen molar-refractivity contribution in [1.29, 1.82) is 0 Å². The Bertz CT molecular complexity index is 1950. The molecule has 0 aliphatic heterocycles. The average Bonchev–Trinajstić information content (AvgIpc) is 3.50. The first-order chi connectivity index (χ1) is 23.0. The maximum atomic E-state index is 13.2. The number of amides is 1. The molecule has 1 amide bonds. The van der Waals surface area contributed by atoms with Gasteiger partial charge in [-0.2, -0.15) is 18.3 Å². The number of benzene rings is 2. The first-order valence-electron chi connectivity index (χ1n) is 15.3. The number of aromatic nitrogens is 4. The number of nitrogens with one attached hydrogen (secondary N) is 2. The summed E-state index contributed by atoms with van der Waals surface area (Å²) in [5, 5.41) is 11.9. The molecule has 10 nitrogen and oxygen atoms in total. The maximum absolute atomic E-state index is 13.2. The molecule has 5 aromatic rings. The Kier molecular flexibility index (Phi) is 9.73. The molecule has 14 heteroatoms. The van der Waals surface area contributed by atoms with Crippen LogP contribution in [-0.4, -0.2) is 45.9 Å². The van der Waals surface area contributed by atoms with Crippen LogP contribution in [0.3, 0.4) is 0 Å². The number of fused-ring (bicyclic) bond motifs is 1. The number of nitrogens with zero attached hydrogens (tertiary/aromatic N) is 4. The molecule has 3 heterocycles. The summed E-state index contributed by atoms with van der Waals surface area (Å²) in [6.45, 7) is 0.414. The molecular formula is C34H33F3IN7O3. The Morgan fingerprint density at radius 2 is 1.85 bits per heavy atom. The van der Waals surface area contributed by atoms with Crippen LogP contribution in [0.5, 0.6) is 11.5 Å². The van der Waals surface area contributed by atoms with Crippen LogP contribution in [0.1, 0.15) is 53.2 Å². The summed E-state index contributed by atoms with van der Waals surface area (Å²) in [5.41, 5.74) is 8.99. The molecule has 1 saturated carbocycles. The third-order valence-electron chi connectivity index (χ3n) is 8.40. The van der Waals surface area contributed by atoms with Crippen molar-refractivity contribution in [3.8, 4) is 22.8 Å². The Hall–Kier alpha value is -4.44. The van der Waals surface area contributed by atoms with Gasteiger partial charge in [-0.25, -0.2) is 9.97 Å². The number of methoxy groups -OCH3 is 2. The van der Waals surface area contributed by atoms with Gasteiger partial charge in [-0.05, 0) is 84.7 Å². The molecule has 0 saturated heterocycles. The smallest absolute Gasteiger partial charge is 0.416 e. The van der Waals surface area contributed by atoms with Crippen molar-refractivity contribution in [2.24, 2.45) is 5.73 Å². The molecule has 1 aliphatic carbocycles. The highest BCUT2D eigenvalue weighted by atomic mass is 127. The van der Waals surface area contributed by atoms with Gasteiger partial charge in [-0.15, -0.1) is 0 Å². The molecule has 2 atom stereocenters. The van der Waals surface area contributed by atoms with Crippen LogP contribution in [0.2, 0.25) is 0 Å². The minimum atomic E-state index is -4.56. The van der Waals surface area contributed by atoms with Gasteiger partial charge in [-0.3, -0.25) is 9.48 Å². The summed E-state index contributed by atoms with van der Waals surface area (Å²) in [7, 11) is 3.21. The van der Waals surface area contributed by atoms with Gasteiger partial charge in [0.25, 0.3) is 5.91 Å². The van der Waals surface area contributed by atoms with E-state index in [9.17, 15) is 18.0 Å². The maximum Gasteiger partial charge on any atom is 0.416 e. The number of pyridine rings is 2. The molecule has 1 fully saturated rings. The van der Waals surface area contributed by atoms with E-state index in [1.54, 1.807) is 38.5 Å². The van der Waals surface area contributed by atoms with Crippen LogP contribution in [0.15, 0.2) is 67.0 Å². The van der Waals surface area contributed by atoms with E-state index in [4.69, 9.17) is 25.3 Å². The van der Waals surface area contributed by atoms with Crippen molar-refractivity contribution < 1.29 is 27.4 Å². The van der Waals surface area contributed by atoms with E-state index in [0.29, 0.717) is 29.6 Å². The largest absolute Gasteiger partial charge is 0.497 e. The number of carbonyl (C=O) groups is 1. The van der Waals surface area contributed by atoms with Crippen LogP contribution in [0, 0.1) is 3.57 Å². The summed E-state index contributed by atoms with van der Waals surface area (Å²) in [6.07, 6.45) is 1.97. The molecule has 4 N–H and O–H groups in total. The van der Waals surface area contributed by atoms with Gasteiger partial charge in [-0.1, -0.05) is 12.1 Å². The Morgan fingerprint density at radius 3 is 2.56 bits per heavy atom. The number of alkyl halides is 3. The van der Waals surface area contributed by atoms with E-state index in [-0.39, 0.29) is 23.5 Å². The summed E-state index contributed by atoms with van der Waals surface area (Å²) < 4.78 is 53.4. The van der Waals surface area contributed by atoms with Gasteiger partial charge in [0.05, 0.1) is 40.3 Å². The highest BCUT2D eigenvalue weighted by Crippen LogP contribution is 2.40. The molecule has 0 radical (unpaired) electrons. The van der Waals surface area contributed by atoms with Gasteiger partial charge < -0.3 is 25.8 Å². The molecule has 2 aromatic carbocycles. The van der Waals surface area contributed by atoms with E-state index >= 15 is 0 Å². The molecule has 6 rings (SSSR count). The predicted octanol–water partition coefficient (Wildman–Crippen LogP) is 7.44. The second kappa shape index (κ2) is 14.0. The number of ether oxygens (including phenoxy) is 2. The zero-order valence-electron chi connectivity index (χ0n) is 26.1. The van der Waals surface area contributed by atoms with Gasteiger partial charge in [0.15, 0.2) is 0 Å². The van der Waals surface area contributed by atoms with Crippen molar-refractivity contribution in [3.63, 3.8) is 0 Å². The highest BCUT2D eigenvalue weighted by molar-refractivity contribution is 14.1. The molecular weight excluding hydrogens is 738 g/mol. The van der Waals surface area contributed by atoms with Crippen LogP contribution in [-0.2, 0) is 12.7 Å². The Labute approximate surface area is 288 Å². The summed E-state index contributed by atoms with van der Waals surface area (Å²) in [4.78, 5) is 21.6. The van der Waals surface area contributed by atoms with Crippen molar-refractivity contribution >= 4 is 51.0 Å². The van der Waals surface area contributed by atoms with Crippen LogP contribution >= 0.6 is 22.6 Å². The number of hydrogen-bond acceptors (Lipinski definition) is 8. The number of hydrogen-bond donors (Lipinski definition) is 3. The summed E-state index contributed by atoms with van der Waals surface area (Å²) in [5.74, 6) is 1.20. The Morgan fingerprint density at radius 1 is 1.06 bits per heavy atom. The fourth-order valence-corrected chi connectivity index (χ4v) is 6.63. The lowest BCUT2D eigenvalue weighted by Crippen LogP contribution is -2.29. The lowest BCUT2D eigenvalue weighted by atomic mass is 9.91. The summed E-state index contributed by atoms with van der Waals surface area (Å²) >= 11 is 2.28. The van der Waals surface area contributed by atoms with Gasteiger partial charge in [0.2, 0.25) is 0 Å². The van der Waals surface area contributed by atoms with E-state index in [2.05, 4.69) is 42.9 Å². The SMILES string of the molecule is COc1ccc(CNc2ncc(I)c3c2c(-c2ccc(C(=O)Nc4cc(C(F)(F)F)ccn4)cc2)nn3[C@@H]2CCC[C@@H](N)C2)c(OC)c1. The van der Waals surface area contributed by atoms with Crippen LogP contribution in [0.25, 0.3) is 22.2 Å². The minimum Gasteiger partial charge on any atom is -0.497 e. The second-order valence-corrected chi connectivity index (χ2v) is 12.7. The lowest BCUT2D eigenvalue weighted by Gasteiger charge is -2.27. The van der Waals surface area contributed by atoms with Gasteiger partial charge in [0.1, 0.15) is 28.8 Å². The third-order valence-corrected chi connectivity index (χ3v) is 9.19. The Balaban J connectivity index is 1.36. The molecule has 48 heavy (non-hydrogen) atoms. The fraction of sp³-hybridized carbons (Fsp3) is 0.294. The molecule has 0 unspecified atom stereocenters.